The molecule has 1 heterocycles. The first-order chi connectivity index (χ1) is 10.1. The maximum atomic E-state index is 12.1. The molecule has 0 aliphatic rings. The van der Waals surface area contributed by atoms with Crippen molar-refractivity contribution in [3.8, 4) is 5.75 Å². The van der Waals surface area contributed by atoms with Gasteiger partial charge in [0, 0.05) is 9.86 Å². The third kappa shape index (κ3) is 3.06. The minimum atomic E-state index is -0.537. The number of fused-ring (bicyclic) bond motifs is 1. The minimum Gasteiger partial charge on any atom is -0.420 e. The van der Waals surface area contributed by atoms with E-state index in [0.717, 1.165) is 15.4 Å². The van der Waals surface area contributed by atoms with Gasteiger partial charge in [0.15, 0.2) is 0 Å². The highest BCUT2D eigenvalue weighted by atomic mass is 79.9. The Kier molecular flexibility index (Phi) is 3.90. The number of pyridine rings is 1. The van der Waals surface area contributed by atoms with Crippen LogP contribution in [0.25, 0.3) is 10.9 Å². The van der Waals surface area contributed by atoms with Gasteiger partial charge < -0.3 is 4.74 Å². The molecule has 0 saturated carbocycles. The average molecular weight is 363 g/mol. The predicted molar refractivity (Wildman–Crippen MR) is 85.9 cm³/mol. The van der Waals surface area contributed by atoms with Crippen LogP contribution in [-0.2, 0) is 0 Å². The Labute approximate surface area is 134 Å². The number of nitrogens with zero attached hydrogens (tertiary/aromatic N) is 1. The number of esters is 1. The lowest BCUT2D eigenvalue weighted by Crippen LogP contribution is -2.10. The Morgan fingerprint density at radius 1 is 1.10 bits per heavy atom. The Bertz CT molecular complexity index is 835. The van der Waals surface area contributed by atoms with Crippen molar-refractivity contribution in [3.05, 3.63) is 69.8 Å². The molecule has 0 saturated heterocycles. The maximum Gasteiger partial charge on any atom is 0.362 e. The smallest absolute Gasteiger partial charge is 0.362 e. The lowest BCUT2D eigenvalue weighted by molar-refractivity contribution is 0.0729. The molecule has 0 radical (unpaired) electrons. The molecule has 0 N–H and O–H groups in total. The summed E-state index contributed by atoms with van der Waals surface area (Å²) in [4.78, 5) is 16.4. The Hall–Kier alpha value is -1.91. The van der Waals surface area contributed by atoms with Crippen LogP contribution in [0, 0.1) is 0 Å². The number of hydrogen-bond acceptors (Lipinski definition) is 3. The Morgan fingerprint density at radius 3 is 2.71 bits per heavy atom. The van der Waals surface area contributed by atoms with Crippen LogP contribution < -0.4 is 4.74 Å². The average Bonchev–Trinajstić information content (AvgIpc) is 2.49. The molecule has 0 bridgehead atoms. The first-order valence-corrected chi connectivity index (χ1v) is 7.33. The van der Waals surface area contributed by atoms with Crippen molar-refractivity contribution in [1.29, 1.82) is 0 Å². The number of aromatic nitrogens is 1. The van der Waals surface area contributed by atoms with E-state index in [1.165, 1.54) is 0 Å². The lowest BCUT2D eigenvalue weighted by atomic mass is 10.2. The van der Waals surface area contributed by atoms with Gasteiger partial charge in [-0.3, -0.25) is 0 Å². The lowest BCUT2D eigenvalue weighted by Gasteiger charge is -2.06. The number of halogens is 2. The van der Waals surface area contributed by atoms with Crippen molar-refractivity contribution in [2.45, 2.75) is 0 Å². The molecule has 3 nitrogen and oxygen atoms in total. The zero-order valence-corrected chi connectivity index (χ0v) is 13.1. The van der Waals surface area contributed by atoms with E-state index in [1.807, 2.05) is 30.3 Å². The number of para-hydroxylation sites is 1. The minimum absolute atomic E-state index is 0.243. The highest BCUT2D eigenvalue weighted by molar-refractivity contribution is 9.10. The Morgan fingerprint density at radius 2 is 1.90 bits per heavy atom. The molecule has 0 fully saturated rings. The van der Waals surface area contributed by atoms with Crippen molar-refractivity contribution in [2.75, 3.05) is 0 Å². The number of carbonyl (C=O) groups excluding carboxylic acids is 1. The molecular weight excluding hydrogens is 354 g/mol. The second-order valence-electron chi connectivity index (χ2n) is 4.35. The number of ether oxygens (including phenoxy) is 1. The SMILES string of the molecule is O=C(Oc1ccc(Br)cc1Cl)c1ccc2ccccc2n1. The molecular formula is C16H9BrClNO2. The third-order valence-corrected chi connectivity index (χ3v) is 3.69. The molecule has 0 amide bonds. The van der Waals surface area contributed by atoms with Gasteiger partial charge in [-0.05, 0) is 30.3 Å². The van der Waals surface area contributed by atoms with E-state index in [4.69, 9.17) is 16.3 Å². The van der Waals surface area contributed by atoms with Crippen LogP contribution in [-0.4, -0.2) is 11.0 Å². The van der Waals surface area contributed by atoms with Gasteiger partial charge in [0.05, 0.1) is 10.5 Å². The molecule has 0 aliphatic heterocycles. The number of hydrogen-bond donors (Lipinski definition) is 0. The highest BCUT2D eigenvalue weighted by Gasteiger charge is 2.13. The molecule has 5 heteroatoms. The van der Waals surface area contributed by atoms with E-state index in [2.05, 4.69) is 20.9 Å². The molecule has 0 spiro atoms. The quantitative estimate of drug-likeness (QED) is 0.482. The zero-order chi connectivity index (χ0) is 14.8. The molecule has 0 unspecified atom stereocenters. The molecule has 1 aromatic heterocycles. The molecule has 104 valence electrons. The van der Waals surface area contributed by atoms with Crippen molar-refractivity contribution >= 4 is 44.4 Å². The van der Waals surface area contributed by atoms with Crippen molar-refractivity contribution < 1.29 is 9.53 Å². The first kappa shape index (κ1) is 14.0. The number of benzene rings is 2. The summed E-state index contributed by atoms with van der Waals surface area (Å²) in [5.74, 6) is -0.232. The van der Waals surface area contributed by atoms with Crippen molar-refractivity contribution in [3.63, 3.8) is 0 Å². The van der Waals surface area contributed by atoms with Gasteiger partial charge in [0.25, 0.3) is 0 Å². The zero-order valence-electron chi connectivity index (χ0n) is 10.7. The maximum absolute atomic E-state index is 12.1. The van der Waals surface area contributed by atoms with Crippen LogP contribution in [0.1, 0.15) is 10.5 Å². The fraction of sp³-hybridized carbons (Fsp3) is 0. The summed E-state index contributed by atoms with van der Waals surface area (Å²) in [6.07, 6.45) is 0. The van der Waals surface area contributed by atoms with Crippen LogP contribution in [0.5, 0.6) is 5.75 Å². The monoisotopic (exact) mass is 361 g/mol. The van der Waals surface area contributed by atoms with Crippen LogP contribution in [0.3, 0.4) is 0 Å². The van der Waals surface area contributed by atoms with Gasteiger partial charge >= 0.3 is 5.97 Å². The molecule has 21 heavy (non-hydrogen) atoms. The van der Waals surface area contributed by atoms with Gasteiger partial charge in [-0.2, -0.15) is 0 Å². The van der Waals surface area contributed by atoms with E-state index in [-0.39, 0.29) is 5.69 Å². The van der Waals surface area contributed by atoms with Crippen LogP contribution >= 0.6 is 27.5 Å². The molecule has 0 atom stereocenters. The normalized spacial score (nSPS) is 10.6. The van der Waals surface area contributed by atoms with Gasteiger partial charge in [0.1, 0.15) is 11.4 Å². The Balaban J connectivity index is 1.89. The summed E-state index contributed by atoms with van der Waals surface area (Å²) >= 11 is 9.33. The first-order valence-electron chi connectivity index (χ1n) is 6.16. The molecule has 2 aromatic carbocycles. The van der Waals surface area contributed by atoms with E-state index < -0.39 is 5.97 Å². The standard InChI is InChI=1S/C16H9BrClNO2/c17-11-6-8-15(12(18)9-11)21-16(20)14-7-5-10-3-1-2-4-13(10)19-14/h1-9H. The molecule has 3 aromatic rings. The van der Waals surface area contributed by atoms with Crippen LogP contribution in [0.2, 0.25) is 5.02 Å². The van der Waals surface area contributed by atoms with E-state index >= 15 is 0 Å². The van der Waals surface area contributed by atoms with Gasteiger partial charge in [-0.25, -0.2) is 9.78 Å². The van der Waals surface area contributed by atoms with Crippen molar-refractivity contribution in [1.82, 2.24) is 4.98 Å². The van der Waals surface area contributed by atoms with Crippen LogP contribution in [0.15, 0.2) is 59.1 Å². The summed E-state index contributed by atoms with van der Waals surface area (Å²) in [6.45, 7) is 0. The van der Waals surface area contributed by atoms with Gasteiger partial charge in [-0.15, -0.1) is 0 Å². The second-order valence-corrected chi connectivity index (χ2v) is 5.68. The fourth-order valence-electron chi connectivity index (χ4n) is 1.89. The molecule has 3 rings (SSSR count). The summed E-state index contributed by atoms with van der Waals surface area (Å²) in [5.41, 5.74) is 0.988. The second kappa shape index (κ2) is 5.84. The summed E-state index contributed by atoms with van der Waals surface area (Å²) in [5, 5.41) is 1.33. The summed E-state index contributed by atoms with van der Waals surface area (Å²) < 4.78 is 6.10. The number of carbonyl (C=O) groups is 1. The molecule has 0 aliphatic carbocycles. The van der Waals surface area contributed by atoms with E-state index in [9.17, 15) is 4.79 Å². The van der Waals surface area contributed by atoms with Crippen LogP contribution in [0.4, 0.5) is 0 Å². The largest absolute Gasteiger partial charge is 0.420 e. The van der Waals surface area contributed by atoms with E-state index in [0.29, 0.717) is 10.8 Å². The third-order valence-electron chi connectivity index (χ3n) is 2.90. The highest BCUT2D eigenvalue weighted by Crippen LogP contribution is 2.28. The van der Waals surface area contributed by atoms with Gasteiger partial charge in [-0.1, -0.05) is 51.8 Å². The topological polar surface area (TPSA) is 39.2 Å². The predicted octanol–water partition coefficient (Wildman–Crippen LogP) is 4.87. The fourth-order valence-corrected chi connectivity index (χ4v) is 2.60. The summed E-state index contributed by atoms with van der Waals surface area (Å²) in [6, 6.07) is 16.1. The summed E-state index contributed by atoms with van der Waals surface area (Å²) in [7, 11) is 0. The number of rotatable bonds is 2. The van der Waals surface area contributed by atoms with E-state index in [1.54, 1.807) is 24.3 Å². The van der Waals surface area contributed by atoms with Crippen molar-refractivity contribution in [2.24, 2.45) is 0 Å². The van der Waals surface area contributed by atoms with Gasteiger partial charge in [0.2, 0.25) is 0 Å².